The lowest BCUT2D eigenvalue weighted by Gasteiger charge is -2.09. The second kappa shape index (κ2) is 6.62. The molecule has 3 rings (SSSR count). The molecule has 3 aromatic rings. The maximum atomic E-state index is 12.4. The third-order valence-corrected chi connectivity index (χ3v) is 3.96. The van der Waals surface area contributed by atoms with E-state index in [1.54, 1.807) is 17.9 Å². The van der Waals surface area contributed by atoms with Gasteiger partial charge in [-0.3, -0.25) is 9.59 Å². The normalized spacial score (nSPS) is 10.8. The number of rotatable bonds is 5. The molecule has 124 valence electrons. The van der Waals surface area contributed by atoms with Crippen LogP contribution >= 0.6 is 0 Å². The molecule has 6 nitrogen and oxygen atoms in total. The van der Waals surface area contributed by atoms with E-state index in [1.807, 2.05) is 49.6 Å². The van der Waals surface area contributed by atoms with Gasteiger partial charge in [-0.15, -0.1) is 0 Å². The quantitative estimate of drug-likeness (QED) is 0.776. The highest BCUT2D eigenvalue weighted by molar-refractivity contribution is 5.80. The molecule has 0 bridgehead atoms. The highest BCUT2D eigenvalue weighted by Gasteiger charge is 2.09. The van der Waals surface area contributed by atoms with E-state index in [4.69, 9.17) is 4.74 Å². The smallest absolute Gasteiger partial charge is 0.275 e. The molecule has 0 aliphatic heterocycles. The Morgan fingerprint density at radius 2 is 1.83 bits per heavy atom. The molecular formula is C18H19N3O3. The van der Waals surface area contributed by atoms with Gasteiger partial charge in [0.1, 0.15) is 17.8 Å². The first-order chi connectivity index (χ1) is 11.6. The van der Waals surface area contributed by atoms with Crippen LogP contribution in [0.2, 0.25) is 0 Å². The number of amides is 1. The molecule has 0 saturated heterocycles. The molecule has 1 amide bonds. The predicted molar refractivity (Wildman–Crippen MR) is 92.0 cm³/mol. The third-order valence-electron chi connectivity index (χ3n) is 3.96. The zero-order valence-corrected chi connectivity index (χ0v) is 13.7. The summed E-state index contributed by atoms with van der Waals surface area (Å²) in [7, 11) is 3.43. The molecule has 0 spiro atoms. The number of aryl methyl sites for hydroxylation is 1. The van der Waals surface area contributed by atoms with Gasteiger partial charge in [-0.2, -0.15) is 0 Å². The average molecular weight is 325 g/mol. The van der Waals surface area contributed by atoms with Gasteiger partial charge in [-0.1, -0.05) is 12.1 Å². The fraction of sp³-hybridized carbons (Fsp3) is 0.222. The molecular weight excluding hydrogens is 306 g/mol. The topological polar surface area (TPSA) is 65.3 Å². The van der Waals surface area contributed by atoms with E-state index < -0.39 is 0 Å². The van der Waals surface area contributed by atoms with Crippen LogP contribution in [0.25, 0.3) is 10.9 Å². The van der Waals surface area contributed by atoms with Crippen molar-refractivity contribution < 1.29 is 9.53 Å². The summed E-state index contributed by atoms with van der Waals surface area (Å²) in [5, 5.41) is 3.69. The van der Waals surface area contributed by atoms with Crippen LogP contribution in [0.3, 0.4) is 0 Å². The van der Waals surface area contributed by atoms with Gasteiger partial charge in [0.2, 0.25) is 5.91 Å². The zero-order valence-electron chi connectivity index (χ0n) is 13.7. The number of methoxy groups -OCH3 is 1. The number of hydrogen-bond donors (Lipinski definition) is 1. The van der Waals surface area contributed by atoms with Crippen LogP contribution in [0.5, 0.6) is 5.75 Å². The van der Waals surface area contributed by atoms with Crippen LogP contribution in [-0.4, -0.2) is 22.2 Å². The van der Waals surface area contributed by atoms with Gasteiger partial charge in [-0.25, -0.2) is 0 Å². The first-order valence-corrected chi connectivity index (χ1v) is 7.62. The van der Waals surface area contributed by atoms with Crippen molar-refractivity contribution in [3.05, 3.63) is 64.7 Å². The molecule has 0 unspecified atom stereocenters. The monoisotopic (exact) mass is 325 g/mol. The predicted octanol–water partition coefficient (Wildman–Crippen LogP) is 1.66. The standard InChI is InChI=1S/C18H19N3O3/c1-20-9-7-14-8-10-21(18(23)17(14)20)12-16(22)19-11-13-3-5-15(24-2)6-4-13/h3-10H,11-12H2,1-2H3,(H,19,22). The van der Waals surface area contributed by atoms with E-state index in [1.165, 1.54) is 4.57 Å². The maximum Gasteiger partial charge on any atom is 0.275 e. The van der Waals surface area contributed by atoms with Crippen molar-refractivity contribution in [2.45, 2.75) is 13.1 Å². The Kier molecular flexibility index (Phi) is 4.37. The molecule has 0 fully saturated rings. The van der Waals surface area contributed by atoms with Crippen LogP contribution in [0.1, 0.15) is 5.56 Å². The molecule has 2 aromatic heterocycles. The van der Waals surface area contributed by atoms with Gasteiger partial charge in [0, 0.05) is 31.4 Å². The fourth-order valence-corrected chi connectivity index (χ4v) is 2.61. The molecule has 6 heteroatoms. The number of carbonyl (C=O) groups excluding carboxylic acids is 1. The Bertz CT molecular complexity index is 923. The summed E-state index contributed by atoms with van der Waals surface area (Å²) in [6.07, 6.45) is 3.48. The number of nitrogens with zero attached hydrogens (tertiary/aromatic N) is 2. The maximum absolute atomic E-state index is 12.4. The number of carbonyl (C=O) groups is 1. The highest BCUT2D eigenvalue weighted by atomic mass is 16.5. The Labute approximate surface area is 139 Å². The Morgan fingerprint density at radius 1 is 1.12 bits per heavy atom. The molecule has 0 atom stereocenters. The van der Waals surface area contributed by atoms with Crippen molar-refractivity contribution in [3.8, 4) is 5.75 Å². The summed E-state index contributed by atoms with van der Waals surface area (Å²) >= 11 is 0. The lowest BCUT2D eigenvalue weighted by Crippen LogP contribution is -2.32. The lowest BCUT2D eigenvalue weighted by molar-refractivity contribution is -0.121. The zero-order chi connectivity index (χ0) is 17.1. The number of aromatic nitrogens is 2. The van der Waals surface area contributed by atoms with Crippen LogP contribution in [0, 0.1) is 0 Å². The molecule has 24 heavy (non-hydrogen) atoms. The minimum Gasteiger partial charge on any atom is -0.497 e. The van der Waals surface area contributed by atoms with Crippen molar-refractivity contribution in [2.24, 2.45) is 7.05 Å². The number of nitrogens with one attached hydrogen (secondary N) is 1. The molecule has 1 N–H and O–H groups in total. The van der Waals surface area contributed by atoms with E-state index in [0.717, 1.165) is 16.7 Å². The number of pyridine rings is 1. The number of benzene rings is 1. The molecule has 2 heterocycles. The van der Waals surface area contributed by atoms with Gasteiger partial charge in [-0.05, 0) is 29.8 Å². The van der Waals surface area contributed by atoms with Gasteiger partial charge >= 0.3 is 0 Å². The molecule has 1 aromatic carbocycles. The summed E-state index contributed by atoms with van der Waals surface area (Å²) < 4.78 is 8.29. The minimum absolute atomic E-state index is 0.00386. The van der Waals surface area contributed by atoms with E-state index in [0.29, 0.717) is 12.1 Å². The average Bonchev–Trinajstić information content (AvgIpc) is 2.98. The fourth-order valence-electron chi connectivity index (χ4n) is 2.61. The van der Waals surface area contributed by atoms with E-state index in [-0.39, 0.29) is 18.0 Å². The summed E-state index contributed by atoms with van der Waals surface area (Å²) in [6.45, 7) is 0.403. The van der Waals surface area contributed by atoms with Crippen LogP contribution in [-0.2, 0) is 24.9 Å². The van der Waals surface area contributed by atoms with Crippen LogP contribution in [0.15, 0.2) is 53.6 Å². The molecule has 0 aliphatic rings. The number of hydrogen-bond acceptors (Lipinski definition) is 3. The molecule has 0 radical (unpaired) electrons. The van der Waals surface area contributed by atoms with E-state index in [9.17, 15) is 9.59 Å². The van der Waals surface area contributed by atoms with E-state index >= 15 is 0 Å². The molecule has 0 saturated carbocycles. The van der Waals surface area contributed by atoms with Crippen molar-refractivity contribution >= 4 is 16.8 Å². The van der Waals surface area contributed by atoms with E-state index in [2.05, 4.69) is 5.32 Å². The number of fused-ring (bicyclic) bond motifs is 1. The highest BCUT2D eigenvalue weighted by Crippen LogP contribution is 2.11. The SMILES string of the molecule is COc1ccc(CNC(=O)Cn2ccc3ccn(C)c3c2=O)cc1. The van der Waals surface area contributed by atoms with Crippen molar-refractivity contribution in [2.75, 3.05) is 7.11 Å². The largest absolute Gasteiger partial charge is 0.497 e. The summed E-state index contributed by atoms with van der Waals surface area (Å²) in [6, 6.07) is 11.2. The lowest BCUT2D eigenvalue weighted by atomic mass is 10.2. The van der Waals surface area contributed by atoms with Crippen molar-refractivity contribution in [1.82, 2.24) is 14.5 Å². The van der Waals surface area contributed by atoms with Gasteiger partial charge in [0.15, 0.2) is 0 Å². The van der Waals surface area contributed by atoms with Gasteiger partial charge in [0.25, 0.3) is 5.56 Å². The molecule has 0 aliphatic carbocycles. The van der Waals surface area contributed by atoms with Gasteiger partial charge < -0.3 is 19.2 Å². The Morgan fingerprint density at radius 3 is 2.54 bits per heavy atom. The number of ether oxygens (including phenoxy) is 1. The van der Waals surface area contributed by atoms with Crippen LogP contribution in [0.4, 0.5) is 0 Å². The summed E-state index contributed by atoms with van der Waals surface area (Å²) in [5.41, 5.74) is 1.40. The Balaban J connectivity index is 1.67. The second-order valence-electron chi connectivity index (χ2n) is 5.60. The second-order valence-corrected chi connectivity index (χ2v) is 5.60. The van der Waals surface area contributed by atoms with Gasteiger partial charge in [0.05, 0.1) is 7.11 Å². The summed E-state index contributed by atoms with van der Waals surface area (Å²) in [5.74, 6) is 0.564. The third kappa shape index (κ3) is 3.17. The first-order valence-electron chi connectivity index (χ1n) is 7.62. The Hall–Kier alpha value is -3.02. The van der Waals surface area contributed by atoms with Crippen LogP contribution < -0.4 is 15.6 Å². The first kappa shape index (κ1) is 15.9. The van der Waals surface area contributed by atoms with Crippen molar-refractivity contribution in [1.29, 1.82) is 0 Å². The minimum atomic E-state index is -0.207. The van der Waals surface area contributed by atoms with Crippen molar-refractivity contribution in [3.63, 3.8) is 0 Å². The summed E-state index contributed by atoms with van der Waals surface area (Å²) in [4.78, 5) is 24.6.